The third kappa shape index (κ3) is 7.49. The molecule has 1 heteroatoms. The monoisotopic (exact) mass is 250 g/mol. The molecule has 1 atom stereocenters. The van der Waals surface area contributed by atoms with Crippen LogP contribution in [0.15, 0.2) is 35.2 Å². The summed E-state index contributed by atoms with van der Waals surface area (Å²) in [5, 5.41) is 0. The molecular formula is C16H26S. The lowest BCUT2D eigenvalue weighted by Crippen LogP contribution is -1.98. The van der Waals surface area contributed by atoms with E-state index in [4.69, 9.17) is 0 Å². The Labute approximate surface area is 111 Å². The largest absolute Gasteiger partial charge is 0.126 e. The molecule has 0 saturated heterocycles. The van der Waals surface area contributed by atoms with E-state index in [0.717, 1.165) is 11.8 Å². The summed E-state index contributed by atoms with van der Waals surface area (Å²) < 4.78 is 0. The topological polar surface area (TPSA) is 0 Å². The van der Waals surface area contributed by atoms with Gasteiger partial charge in [-0.1, -0.05) is 58.2 Å². The highest BCUT2D eigenvalue weighted by Crippen LogP contribution is 2.22. The minimum atomic E-state index is 0.862. The molecule has 1 unspecified atom stereocenters. The number of hydrogen-bond acceptors (Lipinski definition) is 1. The highest BCUT2D eigenvalue weighted by Gasteiger charge is 2.03. The van der Waals surface area contributed by atoms with Crippen LogP contribution in [0.25, 0.3) is 0 Å². The summed E-state index contributed by atoms with van der Waals surface area (Å²) in [6.45, 7) is 7.03. The number of thioether (sulfide) groups is 1. The number of hydrogen-bond donors (Lipinski definition) is 0. The second-order valence-corrected chi connectivity index (χ2v) is 6.55. The predicted molar refractivity (Wildman–Crippen MR) is 79.6 cm³/mol. The van der Waals surface area contributed by atoms with E-state index in [1.165, 1.54) is 36.3 Å². The molecule has 1 rings (SSSR count). The maximum atomic E-state index is 2.39. The maximum Gasteiger partial charge on any atom is 0.00719 e. The molecule has 0 fully saturated rings. The van der Waals surface area contributed by atoms with Gasteiger partial charge in [0.15, 0.2) is 0 Å². The van der Waals surface area contributed by atoms with Crippen LogP contribution < -0.4 is 0 Å². The molecule has 0 aliphatic rings. The quantitative estimate of drug-likeness (QED) is 0.539. The number of rotatable bonds is 8. The molecule has 0 bridgehead atoms. The molecule has 0 saturated carbocycles. The minimum Gasteiger partial charge on any atom is -0.126 e. The van der Waals surface area contributed by atoms with E-state index in [1.807, 2.05) is 11.8 Å². The summed E-state index contributed by atoms with van der Waals surface area (Å²) in [7, 11) is 0. The van der Waals surface area contributed by atoms with Crippen LogP contribution in [0.1, 0.15) is 46.5 Å². The van der Waals surface area contributed by atoms with Gasteiger partial charge in [-0.3, -0.25) is 0 Å². The molecule has 96 valence electrons. The molecule has 1 aromatic rings. The van der Waals surface area contributed by atoms with Gasteiger partial charge in [0.2, 0.25) is 0 Å². The lowest BCUT2D eigenvalue weighted by atomic mass is 9.98. The van der Waals surface area contributed by atoms with Crippen LogP contribution in [0.3, 0.4) is 0 Å². The third-order valence-electron chi connectivity index (χ3n) is 3.10. The number of benzene rings is 1. The third-order valence-corrected chi connectivity index (χ3v) is 4.15. The maximum absolute atomic E-state index is 2.39. The Morgan fingerprint density at radius 3 is 2.29 bits per heavy atom. The van der Waals surface area contributed by atoms with E-state index in [2.05, 4.69) is 51.1 Å². The molecule has 0 spiro atoms. The van der Waals surface area contributed by atoms with Crippen molar-refractivity contribution in [3.05, 3.63) is 30.3 Å². The molecule has 0 aromatic heterocycles. The fraction of sp³-hybridized carbons (Fsp3) is 0.625. The molecule has 0 N–H and O–H groups in total. The molecule has 0 nitrogen and oxygen atoms in total. The second kappa shape index (κ2) is 8.63. The van der Waals surface area contributed by atoms with E-state index >= 15 is 0 Å². The summed E-state index contributed by atoms with van der Waals surface area (Å²) in [6, 6.07) is 10.7. The van der Waals surface area contributed by atoms with Crippen LogP contribution >= 0.6 is 11.8 Å². The van der Waals surface area contributed by atoms with Crippen molar-refractivity contribution in [2.75, 3.05) is 5.75 Å². The van der Waals surface area contributed by atoms with Crippen molar-refractivity contribution in [1.29, 1.82) is 0 Å². The van der Waals surface area contributed by atoms with Crippen LogP contribution in [0, 0.1) is 11.8 Å². The van der Waals surface area contributed by atoms with Gasteiger partial charge in [-0.25, -0.2) is 0 Å². The van der Waals surface area contributed by atoms with Crippen molar-refractivity contribution >= 4 is 11.8 Å². The smallest absolute Gasteiger partial charge is 0.00719 e. The van der Waals surface area contributed by atoms with E-state index in [1.54, 1.807) is 0 Å². The average Bonchev–Trinajstić information content (AvgIpc) is 2.30. The van der Waals surface area contributed by atoms with E-state index in [-0.39, 0.29) is 0 Å². The first-order valence-electron chi connectivity index (χ1n) is 6.86. The first kappa shape index (κ1) is 14.6. The first-order valence-corrected chi connectivity index (χ1v) is 7.85. The van der Waals surface area contributed by atoms with Gasteiger partial charge in [-0.15, -0.1) is 11.8 Å². The van der Waals surface area contributed by atoms with Gasteiger partial charge in [-0.05, 0) is 36.1 Å². The van der Waals surface area contributed by atoms with Gasteiger partial charge < -0.3 is 0 Å². The van der Waals surface area contributed by atoms with Crippen molar-refractivity contribution < 1.29 is 0 Å². The Morgan fingerprint density at radius 2 is 1.65 bits per heavy atom. The predicted octanol–water partition coefficient (Wildman–Crippen LogP) is 5.63. The van der Waals surface area contributed by atoms with Crippen LogP contribution in [0.4, 0.5) is 0 Å². The molecule has 0 aliphatic carbocycles. The molecule has 0 radical (unpaired) electrons. The zero-order chi connectivity index (χ0) is 12.5. The summed E-state index contributed by atoms with van der Waals surface area (Å²) in [6.07, 6.45) is 5.52. The Bertz CT molecular complexity index is 279. The van der Waals surface area contributed by atoms with Crippen molar-refractivity contribution in [2.24, 2.45) is 11.8 Å². The van der Waals surface area contributed by atoms with Crippen molar-refractivity contribution in [2.45, 2.75) is 51.3 Å². The van der Waals surface area contributed by atoms with Crippen LogP contribution in [-0.2, 0) is 0 Å². The summed E-state index contributed by atoms with van der Waals surface area (Å²) in [5.74, 6) is 3.00. The van der Waals surface area contributed by atoms with Crippen LogP contribution in [0.5, 0.6) is 0 Å². The van der Waals surface area contributed by atoms with E-state index < -0.39 is 0 Å². The van der Waals surface area contributed by atoms with Gasteiger partial charge >= 0.3 is 0 Å². The van der Waals surface area contributed by atoms with Gasteiger partial charge in [-0.2, -0.15) is 0 Å². The lowest BCUT2D eigenvalue weighted by molar-refractivity contribution is 0.451. The normalized spacial score (nSPS) is 12.9. The van der Waals surface area contributed by atoms with Gasteiger partial charge in [0.1, 0.15) is 0 Å². The summed E-state index contributed by atoms with van der Waals surface area (Å²) >= 11 is 1.99. The highest BCUT2D eigenvalue weighted by molar-refractivity contribution is 7.99. The standard InChI is InChI=1S/C16H26S/c1-14(2)8-7-9-15(3)12-13-17-16-10-5-4-6-11-16/h4-6,10-11,14-15H,7-9,12-13H2,1-3H3. The molecule has 0 amide bonds. The van der Waals surface area contributed by atoms with Gasteiger partial charge in [0, 0.05) is 4.90 Å². The first-order chi connectivity index (χ1) is 8.18. The van der Waals surface area contributed by atoms with E-state index in [9.17, 15) is 0 Å². The Hall–Kier alpha value is -0.430. The molecule has 0 heterocycles. The Balaban J connectivity index is 2.06. The van der Waals surface area contributed by atoms with Gasteiger partial charge in [0.25, 0.3) is 0 Å². The minimum absolute atomic E-state index is 0.862. The summed E-state index contributed by atoms with van der Waals surface area (Å²) in [4.78, 5) is 1.40. The molecule has 1 aromatic carbocycles. The molecule has 17 heavy (non-hydrogen) atoms. The SMILES string of the molecule is CC(C)CCCC(C)CCSc1ccccc1. The fourth-order valence-corrected chi connectivity index (χ4v) is 3.02. The second-order valence-electron chi connectivity index (χ2n) is 5.38. The van der Waals surface area contributed by atoms with Crippen molar-refractivity contribution in [3.8, 4) is 0 Å². The van der Waals surface area contributed by atoms with E-state index in [0.29, 0.717) is 0 Å². The van der Waals surface area contributed by atoms with Crippen molar-refractivity contribution in [1.82, 2.24) is 0 Å². The highest BCUT2D eigenvalue weighted by atomic mass is 32.2. The molecular weight excluding hydrogens is 224 g/mol. The van der Waals surface area contributed by atoms with Crippen molar-refractivity contribution in [3.63, 3.8) is 0 Å². The Morgan fingerprint density at radius 1 is 0.941 bits per heavy atom. The zero-order valence-corrected chi connectivity index (χ0v) is 12.3. The fourth-order valence-electron chi connectivity index (χ4n) is 1.91. The average molecular weight is 250 g/mol. The zero-order valence-electron chi connectivity index (χ0n) is 11.5. The van der Waals surface area contributed by atoms with Gasteiger partial charge in [0.05, 0.1) is 0 Å². The Kier molecular flexibility index (Phi) is 7.43. The molecule has 0 aliphatic heterocycles. The lowest BCUT2D eigenvalue weighted by Gasteiger charge is -2.11. The van der Waals surface area contributed by atoms with Crippen LogP contribution in [-0.4, -0.2) is 5.75 Å². The summed E-state index contributed by atoms with van der Waals surface area (Å²) in [5.41, 5.74) is 0. The van der Waals surface area contributed by atoms with Crippen LogP contribution in [0.2, 0.25) is 0 Å².